The molecule has 2 heterocycles. The maximum absolute atomic E-state index is 12.5. The second-order valence-electron chi connectivity index (χ2n) is 4.49. The van der Waals surface area contributed by atoms with E-state index in [4.69, 9.17) is 13.9 Å². The molecular formula is C16H10O4. The van der Waals surface area contributed by atoms with Crippen LogP contribution in [0.3, 0.4) is 0 Å². The third-order valence-corrected chi connectivity index (χ3v) is 3.29. The molecule has 3 aromatic rings. The summed E-state index contributed by atoms with van der Waals surface area (Å²) in [6.07, 6.45) is 0. The van der Waals surface area contributed by atoms with Gasteiger partial charge >= 0.3 is 0 Å². The highest BCUT2D eigenvalue weighted by atomic mass is 16.7. The smallest absolute Gasteiger partial charge is 0.239 e. The maximum Gasteiger partial charge on any atom is 0.239 e. The van der Waals surface area contributed by atoms with E-state index in [9.17, 15) is 4.79 Å². The van der Waals surface area contributed by atoms with E-state index < -0.39 is 0 Å². The van der Waals surface area contributed by atoms with Crippen molar-refractivity contribution in [3.63, 3.8) is 0 Å². The van der Waals surface area contributed by atoms with Gasteiger partial charge in [0.1, 0.15) is 16.7 Å². The van der Waals surface area contributed by atoms with Gasteiger partial charge in [-0.3, -0.25) is 4.79 Å². The zero-order valence-electron chi connectivity index (χ0n) is 10.5. The first-order valence-corrected chi connectivity index (χ1v) is 6.25. The van der Waals surface area contributed by atoms with Crippen LogP contribution in [-0.4, -0.2) is 6.79 Å². The fourth-order valence-corrected chi connectivity index (χ4v) is 2.38. The first kappa shape index (κ1) is 11.1. The third kappa shape index (κ3) is 1.51. The molecule has 1 aliphatic rings. The van der Waals surface area contributed by atoms with Crippen LogP contribution in [0.15, 0.2) is 57.7 Å². The molecule has 0 spiro atoms. The zero-order chi connectivity index (χ0) is 13.5. The van der Waals surface area contributed by atoms with Crippen LogP contribution in [0.4, 0.5) is 0 Å². The Bertz CT molecular complexity index is 849. The molecule has 0 fully saturated rings. The number of ether oxygens (including phenoxy) is 2. The molecule has 4 nitrogen and oxygen atoms in total. The van der Waals surface area contributed by atoms with Crippen LogP contribution in [0.1, 0.15) is 0 Å². The van der Waals surface area contributed by atoms with Crippen LogP contribution in [0.5, 0.6) is 11.5 Å². The van der Waals surface area contributed by atoms with Crippen LogP contribution >= 0.6 is 0 Å². The highest BCUT2D eigenvalue weighted by molar-refractivity contribution is 5.87. The van der Waals surface area contributed by atoms with Crippen molar-refractivity contribution in [2.45, 2.75) is 0 Å². The highest BCUT2D eigenvalue weighted by Crippen LogP contribution is 2.35. The molecule has 0 saturated heterocycles. The molecule has 0 saturated carbocycles. The van der Waals surface area contributed by atoms with Crippen LogP contribution in [0.25, 0.3) is 22.3 Å². The van der Waals surface area contributed by atoms with Crippen molar-refractivity contribution in [2.75, 3.05) is 6.79 Å². The Labute approximate surface area is 114 Å². The Kier molecular flexibility index (Phi) is 2.29. The van der Waals surface area contributed by atoms with Gasteiger partial charge in [0.2, 0.25) is 18.0 Å². The monoisotopic (exact) mass is 266 g/mol. The normalized spacial score (nSPS) is 12.8. The average Bonchev–Trinajstić information content (AvgIpc) is 2.63. The van der Waals surface area contributed by atoms with Crippen LogP contribution in [0, 0.1) is 0 Å². The van der Waals surface area contributed by atoms with Crippen molar-refractivity contribution >= 4 is 11.0 Å². The molecule has 1 aliphatic heterocycles. The molecule has 4 rings (SSSR count). The summed E-state index contributed by atoms with van der Waals surface area (Å²) < 4.78 is 16.7. The molecule has 0 N–H and O–H groups in total. The summed E-state index contributed by atoms with van der Waals surface area (Å²) in [5, 5.41) is 0.430. The van der Waals surface area contributed by atoms with Gasteiger partial charge in [0.25, 0.3) is 0 Å². The average molecular weight is 266 g/mol. The summed E-state index contributed by atoms with van der Waals surface area (Å²) in [5.41, 5.74) is 1.10. The van der Waals surface area contributed by atoms with E-state index in [-0.39, 0.29) is 18.0 Å². The van der Waals surface area contributed by atoms with Crippen molar-refractivity contribution in [3.8, 4) is 22.8 Å². The SMILES string of the molecule is O=c1c2c(-c3ccccc3)oc3cccc(c13)OCO2. The molecule has 2 aromatic carbocycles. The lowest BCUT2D eigenvalue weighted by molar-refractivity contribution is 0.123. The van der Waals surface area contributed by atoms with Crippen molar-refractivity contribution in [1.82, 2.24) is 0 Å². The number of rotatable bonds is 1. The number of hydrogen-bond acceptors (Lipinski definition) is 4. The standard InChI is InChI=1S/C16H10O4/c17-14-13-11-7-4-8-12(13)20-15(16(14)19-9-18-11)10-5-2-1-3-6-10/h1-8H,9H2. The van der Waals surface area contributed by atoms with E-state index in [1.165, 1.54) is 0 Å². The fraction of sp³-hybridized carbons (Fsp3) is 0.0625. The minimum absolute atomic E-state index is 0.00276. The Hall–Kier alpha value is -2.75. The summed E-state index contributed by atoms with van der Waals surface area (Å²) >= 11 is 0. The van der Waals surface area contributed by atoms with E-state index >= 15 is 0 Å². The summed E-state index contributed by atoms with van der Waals surface area (Å²) in [6, 6.07) is 14.7. The van der Waals surface area contributed by atoms with Crippen molar-refractivity contribution in [2.24, 2.45) is 0 Å². The summed E-state index contributed by atoms with van der Waals surface area (Å²) in [6.45, 7) is -0.00276. The molecule has 0 radical (unpaired) electrons. The molecule has 0 amide bonds. The quantitative estimate of drug-likeness (QED) is 0.678. The largest absolute Gasteiger partial charge is 0.457 e. The number of benzene rings is 2. The van der Waals surface area contributed by atoms with Crippen molar-refractivity contribution in [1.29, 1.82) is 0 Å². The van der Waals surface area contributed by atoms with E-state index in [2.05, 4.69) is 0 Å². The molecule has 0 aliphatic carbocycles. The number of fused-ring (bicyclic) bond motifs is 1. The molecule has 4 heteroatoms. The molecular weight excluding hydrogens is 256 g/mol. The van der Waals surface area contributed by atoms with Gasteiger partial charge in [-0.25, -0.2) is 0 Å². The molecule has 1 aromatic heterocycles. The van der Waals surface area contributed by atoms with Gasteiger partial charge in [0.05, 0.1) is 0 Å². The second-order valence-corrected chi connectivity index (χ2v) is 4.49. The molecule has 20 heavy (non-hydrogen) atoms. The van der Waals surface area contributed by atoms with Crippen LogP contribution in [0.2, 0.25) is 0 Å². The van der Waals surface area contributed by atoms with Gasteiger partial charge in [-0.1, -0.05) is 36.4 Å². The first-order valence-electron chi connectivity index (χ1n) is 6.25. The molecule has 2 bridgehead atoms. The fourth-order valence-electron chi connectivity index (χ4n) is 2.38. The minimum Gasteiger partial charge on any atom is -0.457 e. The predicted octanol–water partition coefficient (Wildman–Crippen LogP) is 3.19. The maximum atomic E-state index is 12.5. The third-order valence-electron chi connectivity index (χ3n) is 3.29. The lowest BCUT2D eigenvalue weighted by atomic mass is 10.1. The van der Waals surface area contributed by atoms with Crippen molar-refractivity contribution < 1.29 is 13.9 Å². The van der Waals surface area contributed by atoms with E-state index in [0.29, 0.717) is 22.5 Å². The van der Waals surface area contributed by atoms with Gasteiger partial charge in [-0.05, 0) is 12.1 Å². The Balaban J connectivity index is 2.13. The van der Waals surface area contributed by atoms with Crippen LogP contribution < -0.4 is 14.9 Å². The van der Waals surface area contributed by atoms with E-state index in [0.717, 1.165) is 5.56 Å². The topological polar surface area (TPSA) is 48.7 Å². The first-order chi connectivity index (χ1) is 9.84. The summed E-state index contributed by atoms with van der Waals surface area (Å²) in [7, 11) is 0. The van der Waals surface area contributed by atoms with E-state index in [1.807, 2.05) is 30.3 Å². The molecule has 98 valence electrons. The summed E-state index contributed by atoms with van der Waals surface area (Å²) in [4.78, 5) is 12.5. The summed E-state index contributed by atoms with van der Waals surface area (Å²) in [5.74, 6) is 1.13. The van der Waals surface area contributed by atoms with Gasteiger partial charge < -0.3 is 13.9 Å². The van der Waals surface area contributed by atoms with E-state index in [1.54, 1.807) is 18.2 Å². The zero-order valence-corrected chi connectivity index (χ0v) is 10.5. The van der Waals surface area contributed by atoms with Crippen molar-refractivity contribution in [3.05, 3.63) is 58.8 Å². The van der Waals surface area contributed by atoms with Gasteiger partial charge in [-0.2, -0.15) is 0 Å². The van der Waals surface area contributed by atoms with Gasteiger partial charge in [0.15, 0.2) is 5.76 Å². The minimum atomic E-state index is -0.196. The molecule has 0 unspecified atom stereocenters. The highest BCUT2D eigenvalue weighted by Gasteiger charge is 2.22. The predicted molar refractivity (Wildman–Crippen MR) is 74.0 cm³/mol. The van der Waals surface area contributed by atoms with Gasteiger partial charge in [-0.15, -0.1) is 0 Å². The second kappa shape index (κ2) is 4.13. The Morgan fingerprint density at radius 1 is 0.900 bits per heavy atom. The molecule has 0 atom stereocenters. The van der Waals surface area contributed by atoms with Gasteiger partial charge in [0, 0.05) is 5.56 Å². The van der Waals surface area contributed by atoms with Crippen LogP contribution in [-0.2, 0) is 0 Å². The Morgan fingerprint density at radius 3 is 2.60 bits per heavy atom. The lowest BCUT2D eigenvalue weighted by Crippen LogP contribution is -2.09. The lowest BCUT2D eigenvalue weighted by Gasteiger charge is -2.07. The Morgan fingerprint density at radius 2 is 1.75 bits per heavy atom. The number of hydrogen-bond donors (Lipinski definition) is 0.